The first kappa shape index (κ1) is 20.5. The van der Waals surface area contributed by atoms with Gasteiger partial charge in [-0.15, -0.1) is 10.2 Å². The van der Waals surface area contributed by atoms with E-state index in [1.54, 1.807) is 0 Å². The molecule has 8 heteroatoms. The Bertz CT molecular complexity index is 1090. The van der Waals surface area contributed by atoms with Gasteiger partial charge >= 0.3 is 0 Å². The van der Waals surface area contributed by atoms with E-state index in [1.165, 1.54) is 5.56 Å². The van der Waals surface area contributed by atoms with Gasteiger partial charge in [-0.05, 0) is 38.1 Å². The monoisotopic (exact) mass is 434 g/mol. The summed E-state index contributed by atoms with van der Waals surface area (Å²) in [5.74, 6) is 2.37. The molecule has 166 valence electrons. The number of piperazine rings is 1. The number of hydrogen-bond donors (Lipinski definition) is 0. The second-order valence-corrected chi connectivity index (χ2v) is 8.21. The minimum Gasteiger partial charge on any atom is -0.485 e. The smallest absolute Gasteiger partial charge is 0.267 e. The molecule has 2 aromatic carbocycles. The van der Waals surface area contributed by atoms with Crippen LogP contribution in [0.1, 0.15) is 24.4 Å². The lowest BCUT2D eigenvalue weighted by Gasteiger charge is -2.38. The fraction of sp³-hybridized carbons (Fsp3) is 0.375. The lowest BCUT2D eigenvalue weighted by molar-refractivity contribution is -0.143. The van der Waals surface area contributed by atoms with E-state index in [0.29, 0.717) is 36.4 Å². The molecule has 1 amide bonds. The second kappa shape index (κ2) is 8.63. The maximum atomic E-state index is 13.0. The van der Waals surface area contributed by atoms with Gasteiger partial charge in [-0.1, -0.05) is 29.8 Å². The van der Waals surface area contributed by atoms with Gasteiger partial charge in [0.25, 0.3) is 5.91 Å². The third-order valence-electron chi connectivity index (χ3n) is 6.05. The molecule has 5 rings (SSSR count). The molecule has 0 radical (unpaired) electrons. The number of fused-ring (bicyclic) bond motifs is 1. The first-order chi connectivity index (χ1) is 15.6. The van der Waals surface area contributed by atoms with E-state index in [2.05, 4.69) is 22.0 Å². The number of para-hydroxylation sites is 2. The van der Waals surface area contributed by atoms with Gasteiger partial charge in [-0.25, -0.2) is 0 Å². The maximum Gasteiger partial charge on any atom is 0.267 e. The van der Waals surface area contributed by atoms with Gasteiger partial charge < -0.3 is 18.8 Å². The quantitative estimate of drug-likeness (QED) is 0.624. The van der Waals surface area contributed by atoms with Crippen LogP contribution in [-0.4, -0.2) is 64.8 Å². The number of aryl methyl sites for hydroxylation is 1. The third kappa shape index (κ3) is 4.05. The highest BCUT2D eigenvalue weighted by atomic mass is 16.6. The summed E-state index contributed by atoms with van der Waals surface area (Å²) in [7, 11) is 0. The molecule has 0 unspecified atom stereocenters. The molecule has 1 saturated heterocycles. The van der Waals surface area contributed by atoms with Crippen molar-refractivity contribution < 1.29 is 18.7 Å². The largest absolute Gasteiger partial charge is 0.485 e. The van der Waals surface area contributed by atoms with Crippen molar-refractivity contribution in [2.24, 2.45) is 0 Å². The Hall–Kier alpha value is -3.39. The van der Waals surface area contributed by atoms with Crippen LogP contribution in [-0.2, 0) is 4.79 Å². The Labute approximate surface area is 186 Å². The van der Waals surface area contributed by atoms with Crippen molar-refractivity contribution in [2.45, 2.75) is 26.0 Å². The second-order valence-electron chi connectivity index (χ2n) is 8.21. The Morgan fingerprint density at radius 3 is 2.47 bits per heavy atom. The van der Waals surface area contributed by atoms with Crippen molar-refractivity contribution in [3.63, 3.8) is 0 Å². The van der Waals surface area contributed by atoms with Crippen LogP contribution in [0.25, 0.3) is 11.5 Å². The van der Waals surface area contributed by atoms with Crippen LogP contribution >= 0.6 is 0 Å². The molecule has 8 nitrogen and oxygen atoms in total. The summed E-state index contributed by atoms with van der Waals surface area (Å²) < 4.78 is 17.5. The molecule has 1 fully saturated rings. The SMILES string of the molecule is Cc1ccc(-c2nnc([C@@H](C)N3CCN(C(=O)[C@H]4COc5ccccc5O4)CC3)o2)cc1. The van der Waals surface area contributed by atoms with E-state index in [1.807, 2.05) is 60.4 Å². The number of nitrogens with zero attached hydrogens (tertiary/aromatic N) is 4. The van der Waals surface area contributed by atoms with Gasteiger partial charge in [-0.3, -0.25) is 9.69 Å². The van der Waals surface area contributed by atoms with Crippen molar-refractivity contribution >= 4 is 5.91 Å². The molecule has 2 aliphatic heterocycles. The fourth-order valence-electron chi connectivity index (χ4n) is 4.05. The molecule has 0 N–H and O–H groups in total. The van der Waals surface area contributed by atoms with E-state index in [0.717, 1.165) is 18.7 Å². The summed E-state index contributed by atoms with van der Waals surface area (Å²) in [6.45, 7) is 7.00. The molecule has 0 bridgehead atoms. The number of rotatable bonds is 4. The Morgan fingerprint density at radius 2 is 1.72 bits per heavy atom. The number of hydrogen-bond acceptors (Lipinski definition) is 7. The summed E-state index contributed by atoms with van der Waals surface area (Å²) in [6.07, 6.45) is -0.609. The maximum absolute atomic E-state index is 13.0. The van der Waals surface area contributed by atoms with Gasteiger partial charge in [0.1, 0.15) is 6.61 Å². The zero-order chi connectivity index (χ0) is 22.1. The fourth-order valence-corrected chi connectivity index (χ4v) is 4.05. The number of carbonyl (C=O) groups excluding carboxylic acids is 1. The molecular weight excluding hydrogens is 408 g/mol. The normalized spacial score (nSPS) is 19.6. The predicted octanol–water partition coefficient (Wildman–Crippen LogP) is 3.09. The lowest BCUT2D eigenvalue weighted by atomic mass is 10.1. The standard InChI is InChI=1S/C24H26N4O4/c1-16-7-9-18(10-8-16)23-26-25-22(32-23)17(2)27-11-13-28(14-12-27)24(29)21-15-30-19-5-3-4-6-20(19)31-21/h3-10,17,21H,11-15H2,1-2H3/t17-,21-/m1/s1. The highest BCUT2D eigenvalue weighted by Gasteiger charge is 2.34. The van der Waals surface area contributed by atoms with Crippen molar-refractivity contribution in [3.05, 3.63) is 60.0 Å². The van der Waals surface area contributed by atoms with Gasteiger partial charge in [0.15, 0.2) is 11.5 Å². The first-order valence-electron chi connectivity index (χ1n) is 10.9. The predicted molar refractivity (Wildman–Crippen MR) is 117 cm³/mol. The molecule has 3 heterocycles. The zero-order valence-electron chi connectivity index (χ0n) is 18.2. The average Bonchev–Trinajstić information content (AvgIpc) is 3.34. The van der Waals surface area contributed by atoms with Crippen molar-refractivity contribution in [2.75, 3.05) is 32.8 Å². The Balaban J connectivity index is 1.18. The van der Waals surface area contributed by atoms with E-state index < -0.39 is 6.10 Å². The molecule has 2 atom stereocenters. The van der Waals surface area contributed by atoms with Crippen LogP contribution in [0.2, 0.25) is 0 Å². The molecule has 0 spiro atoms. The van der Waals surface area contributed by atoms with Crippen LogP contribution in [0.15, 0.2) is 52.9 Å². The molecule has 2 aliphatic rings. The highest BCUT2D eigenvalue weighted by Crippen LogP contribution is 2.31. The van der Waals surface area contributed by atoms with Crippen LogP contribution in [0, 0.1) is 6.92 Å². The molecule has 32 heavy (non-hydrogen) atoms. The number of benzene rings is 2. The Morgan fingerprint density at radius 1 is 1.00 bits per heavy atom. The highest BCUT2D eigenvalue weighted by molar-refractivity contribution is 5.82. The topological polar surface area (TPSA) is 80.9 Å². The van der Waals surface area contributed by atoms with Gasteiger partial charge in [-0.2, -0.15) is 0 Å². The summed E-state index contributed by atoms with van der Waals surface area (Å²) in [4.78, 5) is 17.1. The number of carbonyl (C=O) groups is 1. The summed E-state index contributed by atoms with van der Waals surface area (Å²) in [5, 5.41) is 8.48. The average molecular weight is 434 g/mol. The van der Waals surface area contributed by atoms with Crippen LogP contribution in [0.4, 0.5) is 0 Å². The van der Waals surface area contributed by atoms with E-state index in [9.17, 15) is 4.79 Å². The van der Waals surface area contributed by atoms with Crippen LogP contribution < -0.4 is 9.47 Å². The van der Waals surface area contributed by atoms with Gasteiger partial charge in [0.2, 0.25) is 17.9 Å². The van der Waals surface area contributed by atoms with Crippen molar-refractivity contribution in [1.29, 1.82) is 0 Å². The summed E-state index contributed by atoms with van der Waals surface area (Å²) in [6, 6.07) is 15.4. The lowest BCUT2D eigenvalue weighted by Crippen LogP contribution is -2.54. The summed E-state index contributed by atoms with van der Waals surface area (Å²) >= 11 is 0. The minimum absolute atomic E-state index is 0.0277. The minimum atomic E-state index is -0.609. The molecule has 0 aliphatic carbocycles. The van der Waals surface area contributed by atoms with Crippen LogP contribution in [0.5, 0.6) is 11.5 Å². The number of aromatic nitrogens is 2. The molecule has 1 aromatic heterocycles. The summed E-state index contributed by atoms with van der Waals surface area (Å²) in [5.41, 5.74) is 2.09. The van der Waals surface area contributed by atoms with Gasteiger partial charge in [0, 0.05) is 31.7 Å². The van der Waals surface area contributed by atoms with Gasteiger partial charge in [0.05, 0.1) is 6.04 Å². The van der Waals surface area contributed by atoms with E-state index >= 15 is 0 Å². The number of amides is 1. The van der Waals surface area contributed by atoms with E-state index in [-0.39, 0.29) is 18.6 Å². The van der Waals surface area contributed by atoms with Crippen molar-refractivity contribution in [3.8, 4) is 23.0 Å². The molecule has 0 saturated carbocycles. The first-order valence-corrected chi connectivity index (χ1v) is 10.9. The molecular formula is C24H26N4O4. The van der Waals surface area contributed by atoms with E-state index in [4.69, 9.17) is 13.9 Å². The number of ether oxygens (including phenoxy) is 2. The molecule has 3 aromatic rings. The van der Waals surface area contributed by atoms with Crippen LogP contribution in [0.3, 0.4) is 0 Å². The third-order valence-corrected chi connectivity index (χ3v) is 6.05. The van der Waals surface area contributed by atoms with Crippen molar-refractivity contribution in [1.82, 2.24) is 20.0 Å². The zero-order valence-corrected chi connectivity index (χ0v) is 18.2. The Kier molecular flexibility index (Phi) is 5.53.